The number of carboxylic acid groups (broad SMARTS) is 1. The van der Waals surface area contributed by atoms with Gasteiger partial charge >= 0.3 is 11.7 Å². The molecule has 102 valence electrons. The molecule has 0 amide bonds. The molecule has 2 N–H and O–H groups in total. The Hall–Kier alpha value is -2.16. The second-order valence-corrected chi connectivity index (χ2v) is 5.14. The first kappa shape index (κ1) is 14.3. The van der Waals surface area contributed by atoms with E-state index in [0.717, 1.165) is 3.57 Å². The minimum Gasteiger partial charge on any atom is -0.477 e. The van der Waals surface area contributed by atoms with Crippen LogP contribution in [0.4, 0.5) is 17.1 Å². The molecule has 0 heterocycles. The summed E-state index contributed by atoms with van der Waals surface area (Å²) in [7, 11) is 0. The number of carboxylic acids is 1. The Morgan fingerprint density at radius 1 is 1.25 bits per heavy atom. The van der Waals surface area contributed by atoms with Gasteiger partial charge in [-0.05, 0) is 52.9 Å². The summed E-state index contributed by atoms with van der Waals surface area (Å²) in [6, 6.07) is 11.4. The molecule has 0 aliphatic heterocycles. The lowest BCUT2D eigenvalue weighted by atomic mass is 10.1. The van der Waals surface area contributed by atoms with Gasteiger partial charge in [0.25, 0.3) is 0 Å². The van der Waals surface area contributed by atoms with Gasteiger partial charge in [-0.25, -0.2) is 4.79 Å². The molecule has 0 radical (unpaired) electrons. The zero-order chi connectivity index (χ0) is 14.7. The van der Waals surface area contributed by atoms with Crippen LogP contribution in [0.1, 0.15) is 10.4 Å². The molecular formula is C13H9IN2O4. The molecule has 2 aromatic rings. The molecule has 0 aliphatic carbocycles. The summed E-state index contributed by atoms with van der Waals surface area (Å²) in [4.78, 5) is 21.5. The molecule has 0 saturated carbocycles. The van der Waals surface area contributed by atoms with Crippen LogP contribution in [0.2, 0.25) is 0 Å². The van der Waals surface area contributed by atoms with Gasteiger partial charge in [-0.2, -0.15) is 0 Å². The number of nitro benzene ring substituents is 1. The minimum atomic E-state index is -1.33. The quantitative estimate of drug-likeness (QED) is 0.477. The second-order valence-electron chi connectivity index (χ2n) is 3.90. The van der Waals surface area contributed by atoms with Crippen LogP contribution in [0, 0.1) is 13.7 Å². The third-order valence-electron chi connectivity index (χ3n) is 2.55. The smallest absolute Gasteiger partial charge is 0.342 e. The number of nitrogens with zero attached hydrogens (tertiary/aromatic N) is 1. The Kier molecular flexibility index (Phi) is 4.18. The van der Waals surface area contributed by atoms with Crippen molar-refractivity contribution in [2.45, 2.75) is 0 Å². The Bertz CT molecular complexity index is 688. The van der Waals surface area contributed by atoms with Gasteiger partial charge in [0.05, 0.1) is 4.92 Å². The van der Waals surface area contributed by atoms with E-state index in [1.54, 1.807) is 18.2 Å². The summed E-state index contributed by atoms with van der Waals surface area (Å²) < 4.78 is 0.963. The molecule has 20 heavy (non-hydrogen) atoms. The van der Waals surface area contributed by atoms with Crippen LogP contribution in [0.25, 0.3) is 0 Å². The summed E-state index contributed by atoms with van der Waals surface area (Å²) in [5, 5.41) is 23.0. The van der Waals surface area contributed by atoms with Crippen molar-refractivity contribution in [3.63, 3.8) is 0 Å². The first-order valence-corrected chi connectivity index (χ1v) is 6.60. The summed E-state index contributed by atoms with van der Waals surface area (Å²) >= 11 is 2.12. The lowest BCUT2D eigenvalue weighted by Crippen LogP contribution is -2.05. The van der Waals surface area contributed by atoms with Crippen LogP contribution in [0.3, 0.4) is 0 Å². The molecule has 0 spiro atoms. The average molecular weight is 384 g/mol. The van der Waals surface area contributed by atoms with Crippen molar-refractivity contribution in [1.82, 2.24) is 0 Å². The standard InChI is InChI=1S/C13H9IN2O4/c14-8-3-1-4-9(7-8)15-11-6-2-5-10(13(17)18)12(11)16(19)20/h1-7,15H,(H,17,18). The predicted molar refractivity (Wildman–Crippen MR) is 82.5 cm³/mol. The van der Waals surface area contributed by atoms with Crippen molar-refractivity contribution in [1.29, 1.82) is 0 Å². The monoisotopic (exact) mass is 384 g/mol. The van der Waals surface area contributed by atoms with E-state index in [0.29, 0.717) is 5.69 Å². The molecule has 2 rings (SSSR count). The van der Waals surface area contributed by atoms with E-state index >= 15 is 0 Å². The topological polar surface area (TPSA) is 92.5 Å². The number of hydrogen-bond donors (Lipinski definition) is 2. The lowest BCUT2D eigenvalue weighted by molar-refractivity contribution is -0.384. The number of carbonyl (C=O) groups is 1. The van der Waals surface area contributed by atoms with E-state index in [-0.39, 0.29) is 11.3 Å². The zero-order valence-electron chi connectivity index (χ0n) is 10.0. The fraction of sp³-hybridized carbons (Fsp3) is 0. The number of nitrogens with one attached hydrogen (secondary N) is 1. The van der Waals surface area contributed by atoms with E-state index < -0.39 is 16.6 Å². The second kappa shape index (κ2) is 5.87. The van der Waals surface area contributed by atoms with Crippen LogP contribution in [0.5, 0.6) is 0 Å². The molecule has 7 heteroatoms. The van der Waals surface area contributed by atoms with Crippen LogP contribution in [-0.2, 0) is 0 Å². The minimum absolute atomic E-state index is 0.150. The maximum Gasteiger partial charge on any atom is 0.342 e. The largest absolute Gasteiger partial charge is 0.477 e. The first-order valence-electron chi connectivity index (χ1n) is 5.52. The molecule has 0 unspecified atom stereocenters. The van der Waals surface area contributed by atoms with Gasteiger partial charge in [-0.1, -0.05) is 12.1 Å². The van der Waals surface area contributed by atoms with Crippen LogP contribution in [-0.4, -0.2) is 16.0 Å². The molecule has 0 bridgehead atoms. The zero-order valence-corrected chi connectivity index (χ0v) is 12.2. The van der Waals surface area contributed by atoms with Gasteiger partial charge in [0.1, 0.15) is 11.3 Å². The van der Waals surface area contributed by atoms with Crippen molar-refractivity contribution in [2.24, 2.45) is 0 Å². The van der Waals surface area contributed by atoms with E-state index in [1.165, 1.54) is 18.2 Å². The molecule has 0 saturated heterocycles. The Morgan fingerprint density at radius 2 is 1.95 bits per heavy atom. The highest BCUT2D eigenvalue weighted by Crippen LogP contribution is 2.31. The van der Waals surface area contributed by atoms with Crippen molar-refractivity contribution >= 4 is 45.6 Å². The molecular weight excluding hydrogens is 375 g/mol. The maximum absolute atomic E-state index is 11.1. The number of anilines is 2. The van der Waals surface area contributed by atoms with Crippen LogP contribution >= 0.6 is 22.6 Å². The fourth-order valence-electron chi connectivity index (χ4n) is 1.74. The lowest BCUT2D eigenvalue weighted by Gasteiger charge is -2.08. The molecule has 2 aromatic carbocycles. The Balaban J connectivity index is 2.49. The van der Waals surface area contributed by atoms with Crippen molar-refractivity contribution in [3.05, 3.63) is 61.7 Å². The highest BCUT2D eigenvalue weighted by Gasteiger charge is 2.24. The SMILES string of the molecule is O=C(O)c1cccc(Nc2cccc(I)c2)c1[N+](=O)[O-]. The first-order chi connectivity index (χ1) is 9.49. The Morgan fingerprint density at radius 3 is 2.55 bits per heavy atom. The van der Waals surface area contributed by atoms with E-state index in [1.807, 2.05) is 6.07 Å². The summed E-state index contributed by atoms with van der Waals surface area (Å²) in [5.74, 6) is -1.33. The van der Waals surface area contributed by atoms with E-state index in [2.05, 4.69) is 27.9 Å². The fourth-order valence-corrected chi connectivity index (χ4v) is 2.28. The number of para-hydroxylation sites is 1. The van der Waals surface area contributed by atoms with Gasteiger partial charge < -0.3 is 10.4 Å². The van der Waals surface area contributed by atoms with Gasteiger partial charge in [0.15, 0.2) is 0 Å². The van der Waals surface area contributed by atoms with E-state index in [4.69, 9.17) is 5.11 Å². The Labute approximate surface area is 127 Å². The third kappa shape index (κ3) is 3.05. The molecule has 6 nitrogen and oxygen atoms in total. The predicted octanol–water partition coefficient (Wildman–Crippen LogP) is 3.64. The van der Waals surface area contributed by atoms with Crippen LogP contribution in [0.15, 0.2) is 42.5 Å². The van der Waals surface area contributed by atoms with Crippen molar-refractivity contribution in [3.8, 4) is 0 Å². The highest BCUT2D eigenvalue weighted by molar-refractivity contribution is 14.1. The third-order valence-corrected chi connectivity index (χ3v) is 3.22. The summed E-state index contributed by atoms with van der Waals surface area (Å²) in [5.41, 5.74) is 0.0175. The number of aromatic carboxylic acids is 1. The van der Waals surface area contributed by atoms with Crippen molar-refractivity contribution in [2.75, 3.05) is 5.32 Å². The molecule has 0 aromatic heterocycles. The number of hydrogen-bond acceptors (Lipinski definition) is 4. The molecule has 0 fully saturated rings. The average Bonchev–Trinajstić information content (AvgIpc) is 2.38. The number of halogens is 1. The highest BCUT2D eigenvalue weighted by atomic mass is 127. The number of nitro groups is 1. The molecule has 0 atom stereocenters. The summed E-state index contributed by atoms with van der Waals surface area (Å²) in [6.45, 7) is 0. The maximum atomic E-state index is 11.1. The van der Waals surface area contributed by atoms with E-state index in [9.17, 15) is 14.9 Å². The summed E-state index contributed by atoms with van der Waals surface area (Å²) in [6.07, 6.45) is 0. The van der Waals surface area contributed by atoms with Crippen molar-refractivity contribution < 1.29 is 14.8 Å². The number of benzene rings is 2. The van der Waals surface area contributed by atoms with Gasteiger partial charge in [0.2, 0.25) is 0 Å². The normalized spacial score (nSPS) is 10.1. The molecule has 0 aliphatic rings. The van der Waals surface area contributed by atoms with Gasteiger partial charge in [0, 0.05) is 9.26 Å². The van der Waals surface area contributed by atoms with Crippen LogP contribution < -0.4 is 5.32 Å². The van der Waals surface area contributed by atoms with Gasteiger partial charge in [-0.3, -0.25) is 10.1 Å². The van der Waals surface area contributed by atoms with Gasteiger partial charge in [-0.15, -0.1) is 0 Å². The number of rotatable bonds is 4.